The Morgan fingerprint density at radius 2 is 2.09 bits per heavy atom. The molecule has 0 bridgehead atoms. The average Bonchev–Trinajstić information content (AvgIpc) is 3.10. The summed E-state index contributed by atoms with van der Waals surface area (Å²) in [5.74, 6) is -1.46. The van der Waals surface area contributed by atoms with E-state index in [9.17, 15) is 19.2 Å². The summed E-state index contributed by atoms with van der Waals surface area (Å²) in [7, 11) is 0. The van der Waals surface area contributed by atoms with Gasteiger partial charge in [-0.3, -0.25) is 19.3 Å². The first kappa shape index (κ1) is 16.4. The zero-order valence-electron chi connectivity index (χ0n) is 11.5. The van der Waals surface area contributed by atoms with Gasteiger partial charge in [0.05, 0.1) is 15.6 Å². The zero-order valence-corrected chi connectivity index (χ0v) is 13.0. The maximum atomic E-state index is 11.8. The van der Waals surface area contributed by atoms with Crippen LogP contribution in [0.1, 0.15) is 22.5 Å². The molecule has 2 heterocycles. The normalized spacial score (nSPS) is 13.9. The third-order valence-corrected chi connectivity index (χ3v) is 4.19. The van der Waals surface area contributed by atoms with E-state index in [4.69, 9.17) is 16.3 Å². The molecule has 0 unspecified atom stereocenters. The number of nitrogens with zero attached hydrogens (tertiary/aromatic N) is 1. The molecular formula is C13H13ClN2O5S. The Morgan fingerprint density at radius 3 is 2.68 bits per heavy atom. The predicted molar refractivity (Wildman–Crippen MR) is 79.0 cm³/mol. The molecular weight excluding hydrogens is 332 g/mol. The van der Waals surface area contributed by atoms with Gasteiger partial charge in [-0.05, 0) is 12.1 Å². The number of nitrogens with one attached hydrogen (secondary N) is 1. The number of thiophene rings is 1. The SMILES string of the molecule is O=C(CCC(=O)c1ccc(Cl)s1)OCC(=O)N1CCNC1=O. The highest BCUT2D eigenvalue weighted by atomic mass is 35.5. The van der Waals surface area contributed by atoms with E-state index >= 15 is 0 Å². The molecule has 118 valence electrons. The average molecular weight is 345 g/mol. The number of ether oxygens (including phenoxy) is 1. The van der Waals surface area contributed by atoms with E-state index in [1.807, 2.05) is 0 Å². The van der Waals surface area contributed by atoms with Gasteiger partial charge in [-0.2, -0.15) is 0 Å². The fourth-order valence-electron chi connectivity index (χ4n) is 1.80. The molecule has 1 aliphatic rings. The van der Waals surface area contributed by atoms with Gasteiger partial charge >= 0.3 is 12.0 Å². The van der Waals surface area contributed by atoms with Crippen LogP contribution in [0.15, 0.2) is 12.1 Å². The molecule has 0 saturated carbocycles. The minimum absolute atomic E-state index is 0.0198. The Bertz CT molecular complexity index is 615. The van der Waals surface area contributed by atoms with Gasteiger partial charge in [0.15, 0.2) is 12.4 Å². The fraction of sp³-hybridized carbons (Fsp3) is 0.385. The van der Waals surface area contributed by atoms with E-state index in [2.05, 4.69) is 5.32 Å². The molecule has 22 heavy (non-hydrogen) atoms. The van der Waals surface area contributed by atoms with Gasteiger partial charge in [0.2, 0.25) is 0 Å². The lowest BCUT2D eigenvalue weighted by molar-refractivity contribution is -0.150. The molecule has 1 fully saturated rings. The van der Waals surface area contributed by atoms with Crippen LogP contribution in [0.5, 0.6) is 0 Å². The number of urea groups is 1. The number of halogens is 1. The first-order valence-electron chi connectivity index (χ1n) is 6.49. The lowest BCUT2D eigenvalue weighted by Crippen LogP contribution is -2.37. The number of Topliss-reactive ketones (excluding diaryl/α,β-unsaturated/α-hetero) is 1. The van der Waals surface area contributed by atoms with Gasteiger partial charge in [0.25, 0.3) is 5.91 Å². The van der Waals surface area contributed by atoms with Crippen molar-refractivity contribution < 1.29 is 23.9 Å². The van der Waals surface area contributed by atoms with E-state index in [-0.39, 0.29) is 25.2 Å². The van der Waals surface area contributed by atoms with Crippen LogP contribution in [-0.4, -0.2) is 48.3 Å². The molecule has 0 radical (unpaired) electrons. The monoisotopic (exact) mass is 344 g/mol. The highest BCUT2D eigenvalue weighted by Gasteiger charge is 2.26. The Morgan fingerprint density at radius 1 is 1.32 bits per heavy atom. The topological polar surface area (TPSA) is 92.8 Å². The molecule has 1 aliphatic heterocycles. The van der Waals surface area contributed by atoms with Crippen molar-refractivity contribution in [3.8, 4) is 0 Å². The highest BCUT2D eigenvalue weighted by molar-refractivity contribution is 7.18. The number of rotatable bonds is 6. The molecule has 1 saturated heterocycles. The van der Waals surface area contributed by atoms with Crippen LogP contribution in [-0.2, 0) is 14.3 Å². The van der Waals surface area contributed by atoms with Gasteiger partial charge in [-0.25, -0.2) is 4.79 Å². The van der Waals surface area contributed by atoms with E-state index in [0.29, 0.717) is 15.8 Å². The second-order valence-electron chi connectivity index (χ2n) is 4.46. The maximum Gasteiger partial charge on any atom is 0.324 e. The van der Waals surface area contributed by atoms with Crippen molar-refractivity contribution >= 4 is 46.6 Å². The van der Waals surface area contributed by atoms with Crippen LogP contribution in [0.3, 0.4) is 0 Å². The van der Waals surface area contributed by atoms with Crippen LogP contribution in [0.25, 0.3) is 0 Å². The van der Waals surface area contributed by atoms with Gasteiger partial charge in [0.1, 0.15) is 0 Å². The lowest BCUT2D eigenvalue weighted by Gasteiger charge is -2.11. The fourth-order valence-corrected chi connectivity index (χ4v) is 2.82. The summed E-state index contributed by atoms with van der Waals surface area (Å²) in [6, 6.07) is 2.71. The standard InChI is InChI=1S/C13H13ClN2O5S/c14-10-3-2-9(22-10)8(17)1-4-12(19)21-7-11(18)16-6-5-15-13(16)20/h2-3H,1,4-7H2,(H,15,20). The molecule has 3 amide bonds. The summed E-state index contributed by atoms with van der Waals surface area (Å²) < 4.78 is 5.27. The summed E-state index contributed by atoms with van der Waals surface area (Å²) in [5.41, 5.74) is 0. The Kier molecular flexibility index (Phi) is 5.51. The second kappa shape index (κ2) is 7.37. The third kappa shape index (κ3) is 4.28. The van der Waals surface area contributed by atoms with Gasteiger partial charge < -0.3 is 10.1 Å². The van der Waals surface area contributed by atoms with Crippen LogP contribution < -0.4 is 5.32 Å². The van der Waals surface area contributed by atoms with Crippen molar-refractivity contribution in [2.75, 3.05) is 19.7 Å². The minimum atomic E-state index is -0.663. The summed E-state index contributed by atoms with van der Waals surface area (Å²) in [5, 5.41) is 2.47. The van der Waals surface area contributed by atoms with Crippen molar-refractivity contribution in [1.29, 1.82) is 0 Å². The molecule has 0 aliphatic carbocycles. The highest BCUT2D eigenvalue weighted by Crippen LogP contribution is 2.22. The Hall–Kier alpha value is -1.93. The number of hydrogen-bond donors (Lipinski definition) is 1. The number of esters is 1. The van der Waals surface area contributed by atoms with Crippen molar-refractivity contribution in [2.45, 2.75) is 12.8 Å². The maximum absolute atomic E-state index is 11.8. The van der Waals surface area contributed by atoms with E-state index in [1.54, 1.807) is 12.1 Å². The first-order valence-corrected chi connectivity index (χ1v) is 7.69. The van der Waals surface area contributed by atoms with Crippen LogP contribution >= 0.6 is 22.9 Å². The summed E-state index contributed by atoms with van der Waals surface area (Å²) >= 11 is 6.87. The zero-order chi connectivity index (χ0) is 16.1. The number of carbonyl (C=O) groups is 4. The van der Waals surface area contributed by atoms with Crippen molar-refractivity contribution in [3.05, 3.63) is 21.3 Å². The number of carbonyl (C=O) groups excluding carboxylic acids is 4. The first-order chi connectivity index (χ1) is 10.5. The number of imide groups is 1. The molecule has 7 nitrogen and oxygen atoms in total. The summed E-state index contributed by atoms with van der Waals surface area (Å²) in [6.07, 6.45) is -0.151. The molecule has 0 spiro atoms. The molecule has 0 aromatic carbocycles. The molecule has 1 N–H and O–H groups in total. The number of hydrogen-bond acceptors (Lipinski definition) is 6. The second-order valence-corrected chi connectivity index (χ2v) is 6.18. The van der Waals surface area contributed by atoms with Gasteiger partial charge in [0, 0.05) is 19.5 Å². The smallest absolute Gasteiger partial charge is 0.324 e. The molecule has 2 rings (SSSR count). The van der Waals surface area contributed by atoms with Gasteiger partial charge in [-0.15, -0.1) is 11.3 Å². The molecule has 9 heteroatoms. The Labute approximate surface area is 135 Å². The van der Waals surface area contributed by atoms with E-state index in [0.717, 1.165) is 16.2 Å². The molecule has 1 aromatic rings. The minimum Gasteiger partial charge on any atom is -0.456 e. The lowest BCUT2D eigenvalue weighted by atomic mass is 10.2. The number of ketones is 1. The van der Waals surface area contributed by atoms with Crippen LogP contribution in [0, 0.1) is 0 Å². The van der Waals surface area contributed by atoms with Crippen molar-refractivity contribution in [1.82, 2.24) is 10.2 Å². The molecule has 1 aromatic heterocycles. The summed E-state index contributed by atoms with van der Waals surface area (Å²) in [6.45, 7) is 0.133. The molecule has 0 atom stereocenters. The Balaban J connectivity index is 1.70. The van der Waals surface area contributed by atoms with Crippen molar-refractivity contribution in [3.63, 3.8) is 0 Å². The van der Waals surface area contributed by atoms with Crippen LogP contribution in [0.2, 0.25) is 4.34 Å². The summed E-state index contributed by atoms with van der Waals surface area (Å²) in [4.78, 5) is 47.6. The third-order valence-electron chi connectivity index (χ3n) is 2.92. The predicted octanol–water partition coefficient (Wildman–Crippen LogP) is 1.46. The number of amides is 3. The van der Waals surface area contributed by atoms with Crippen LogP contribution in [0.4, 0.5) is 4.79 Å². The quantitative estimate of drug-likeness (QED) is 0.623. The largest absolute Gasteiger partial charge is 0.456 e. The van der Waals surface area contributed by atoms with Crippen molar-refractivity contribution in [2.24, 2.45) is 0 Å². The van der Waals surface area contributed by atoms with E-state index < -0.39 is 24.5 Å². The van der Waals surface area contributed by atoms with E-state index in [1.165, 1.54) is 0 Å². The van der Waals surface area contributed by atoms with Gasteiger partial charge in [-0.1, -0.05) is 11.6 Å².